The number of aldehydes is 1. The lowest BCUT2D eigenvalue weighted by atomic mass is 10.0. The molecular formula is C11H18N2O2. The number of nitrogens with zero attached hydrogens (tertiary/aromatic N) is 1. The van der Waals surface area contributed by atoms with Gasteiger partial charge in [0.25, 0.3) is 0 Å². The molecule has 0 bridgehead atoms. The zero-order chi connectivity index (χ0) is 10.7. The second-order valence-corrected chi connectivity index (χ2v) is 4.40. The van der Waals surface area contributed by atoms with Crippen LogP contribution in [0.3, 0.4) is 0 Å². The van der Waals surface area contributed by atoms with E-state index in [-0.39, 0.29) is 11.8 Å². The summed E-state index contributed by atoms with van der Waals surface area (Å²) in [6.07, 6.45) is 4.60. The third-order valence-electron chi connectivity index (χ3n) is 3.52. The molecule has 1 N–H and O–H groups in total. The molecule has 0 aliphatic carbocycles. The molecule has 2 rings (SSSR count). The van der Waals surface area contributed by atoms with E-state index in [4.69, 9.17) is 0 Å². The molecule has 0 saturated carbocycles. The lowest BCUT2D eigenvalue weighted by Gasteiger charge is -2.34. The molecule has 0 amide bonds. The summed E-state index contributed by atoms with van der Waals surface area (Å²) in [5, 5.41) is 3.32. The Kier molecular flexibility index (Phi) is 3.49. The summed E-state index contributed by atoms with van der Waals surface area (Å²) >= 11 is 0. The fourth-order valence-corrected chi connectivity index (χ4v) is 2.75. The van der Waals surface area contributed by atoms with Crippen LogP contribution in [0.15, 0.2) is 0 Å². The Morgan fingerprint density at radius 2 is 2.00 bits per heavy atom. The predicted octanol–water partition coefficient (Wildman–Crippen LogP) is -0.0292. The molecule has 2 aliphatic heterocycles. The SMILES string of the molecule is O=CC(=O)C1CCCN1C1CCNCC1. The van der Waals surface area contributed by atoms with Crippen LogP contribution in [0.2, 0.25) is 0 Å². The number of likely N-dealkylation sites (tertiary alicyclic amines) is 1. The van der Waals surface area contributed by atoms with E-state index in [2.05, 4.69) is 10.2 Å². The van der Waals surface area contributed by atoms with Gasteiger partial charge in [0.1, 0.15) is 0 Å². The molecule has 2 saturated heterocycles. The van der Waals surface area contributed by atoms with Crippen molar-refractivity contribution >= 4 is 12.1 Å². The molecule has 0 aromatic rings. The molecule has 4 nitrogen and oxygen atoms in total. The maximum absolute atomic E-state index is 11.4. The first kappa shape index (κ1) is 10.8. The van der Waals surface area contributed by atoms with Gasteiger partial charge in [0.15, 0.2) is 6.29 Å². The molecule has 15 heavy (non-hydrogen) atoms. The summed E-state index contributed by atoms with van der Waals surface area (Å²) in [4.78, 5) is 24.2. The highest BCUT2D eigenvalue weighted by atomic mass is 16.2. The number of ketones is 1. The van der Waals surface area contributed by atoms with Crippen molar-refractivity contribution in [2.75, 3.05) is 19.6 Å². The molecule has 2 fully saturated rings. The van der Waals surface area contributed by atoms with Crippen molar-refractivity contribution in [3.63, 3.8) is 0 Å². The Labute approximate surface area is 90.0 Å². The summed E-state index contributed by atoms with van der Waals surface area (Å²) in [6.45, 7) is 3.04. The third-order valence-corrected chi connectivity index (χ3v) is 3.52. The average molecular weight is 210 g/mol. The van der Waals surface area contributed by atoms with Crippen molar-refractivity contribution in [1.82, 2.24) is 10.2 Å². The summed E-state index contributed by atoms with van der Waals surface area (Å²) in [5.74, 6) is -0.231. The topological polar surface area (TPSA) is 49.4 Å². The van der Waals surface area contributed by atoms with Crippen molar-refractivity contribution in [3.8, 4) is 0 Å². The van der Waals surface area contributed by atoms with Crippen molar-refractivity contribution in [3.05, 3.63) is 0 Å². The van der Waals surface area contributed by atoms with Crippen LogP contribution in [0.25, 0.3) is 0 Å². The van der Waals surface area contributed by atoms with Gasteiger partial charge in [-0.2, -0.15) is 0 Å². The summed E-state index contributed by atoms with van der Waals surface area (Å²) < 4.78 is 0. The van der Waals surface area contributed by atoms with Gasteiger partial charge in [-0.3, -0.25) is 14.5 Å². The lowest BCUT2D eigenvalue weighted by molar-refractivity contribution is -0.133. The highest BCUT2D eigenvalue weighted by molar-refractivity contribution is 6.27. The Bertz CT molecular complexity index is 249. The van der Waals surface area contributed by atoms with Gasteiger partial charge < -0.3 is 5.32 Å². The lowest BCUT2D eigenvalue weighted by Crippen LogP contribution is -2.48. The summed E-state index contributed by atoms with van der Waals surface area (Å²) in [7, 11) is 0. The van der Waals surface area contributed by atoms with Gasteiger partial charge in [0.2, 0.25) is 5.78 Å². The Morgan fingerprint density at radius 1 is 1.27 bits per heavy atom. The van der Waals surface area contributed by atoms with Crippen LogP contribution in [0.5, 0.6) is 0 Å². The molecule has 1 atom stereocenters. The van der Waals surface area contributed by atoms with Crippen LogP contribution >= 0.6 is 0 Å². The molecule has 0 aromatic heterocycles. The van der Waals surface area contributed by atoms with Crippen LogP contribution in [0.4, 0.5) is 0 Å². The average Bonchev–Trinajstić information content (AvgIpc) is 2.78. The number of piperidine rings is 1. The predicted molar refractivity (Wildman–Crippen MR) is 56.7 cm³/mol. The number of carbonyl (C=O) groups is 2. The van der Waals surface area contributed by atoms with Gasteiger partial charge >= 0.3 is 0 Å². The molecule has 84 valence electrons. The Morgan fingerprint density at radius 3 is 2.67 bits per heavy atom. The Balaban J connectivity index is 1.99. The summed E-state index contributed by atoms with van der Waals surface area (Å²) in [6, 6.07) is 0.383. The van der Waals surface area contributed by atoms with E-state index >= 15 is 0 Å². The van der Waals surface area contributed by atoms with E-state index in [9.17, 15) is 9.59 Å². The van der Waals surface area contributed by atoms with Gasteiger partial charge in [0, 0.05) is 6.04 Å². The minimum Gasteiger partial charge on any atom is -0.317 e. The largest absolute Gasteiger partial charge is 0.317 e. The number of nitrogens with one attached hydrogen (secondary N) is 1. The van der Waals surface area contributed by atoms with Crippen LogP contribution in [0, 0.1) is 0 Å². The van der Waals surface area contributed by atoms with Crippen LogP contribution in [-0.4, -0.2) is 48.7 Å². The fraction of sp³-hybridized carbons (Fsp3) is 0.818. The van der Waals surface area contributed by atoms with Crippen molar-refractivity contribution in [1.29, 1.82) is 0 Å². The van der Waals surface area contributed by atoms with E-state index in [1.54, 1.807) is 0 Å². The molecule has 4 heteroatoms. The van der Waals surface area contributed by atoms with E-state index in [1.165, 1.54) is 0 Å². The van der Waals surface area contributed by atoms with Gasteiger partial charge in [-0.05, 0) is 45.3 Å². The minimum absolute atomic E-state index is 0.120. The van der Waals surface area contributed by atoms with Gasteiger partial charge in [-0.15, -0.1) is 0 Å². The first-order chi connectivity index (χ1) is 7.33. The zero-order valence-electron chi connectivity index (χ0n) is 8.95. The second-order valence-electron chi connectivity index (χ2n) is 4.40. The van der Waals surface area contributed by atoms with Crippen molar-refractivity contribution in [2.24, 2.45) is 0 Å². The highest BCUT2D eigenvalue weighted by Gasteiger charge is 2.35. The van der Waals surface area contributed by atoms with E-state index in [1.807, 2.05) is 0 Å². The van der Waals surface area contributed by atoms with Crippen LogP contribution < -0.4 is 5.32 Å². The van der Waals surface area contributed by atoms with E-state index in [0.29, 0.717) is 12.3 Å². The van der Waals surface area contributed by atoms with E-state index in [0.717, 1.165) is 45.3 Å². The zero-order valence-corrected chi connectivity index (χ0v) is 8.95. The molecule has 0 aromatic carbocycles. The van der Waals surface area contributed by atoms with Gasteiger partial charge in [-0.25, -0.2) is 0 Å². The number of Topliss-reactive ketones (excluding diaryl/α,β-unsaturated/α-hetero) is 1. The molecule has 2 heterocycles. The van der Waals surface area contributed by atoms with Crippen molar-refractivity contribution in [2.45, 2.75) is 37.8 Å². The smallest absolute Gasteiger partial charge is 0.212 e. The summed E-state index contributed by atoms with van der Waals surface area (Å²) in [5.41, 5.74) is 0. The highest BCUT2D eigenvalue weighted by Crippen LogP contribution is 2.24. The quantitative estimate of drug-likeness (QED) is 0.525. The first-order valence-corrected chi connectivity index (χ1v) is 5.78. The number of rotatable bonds is 3. The van der Waals surface area contributed by atoms with E-state index < -0.39 is 0 Å². The van der Waals surface area contributed by atoms with Gasteiger partial charge in [0.05, 0.1) is 6.04 Å². The van der Waals surface area contributed by atoms with Gasteiger partial charge in [-0.1, -0.05) is 0 Å². The number of carbonyl (C=O) groups excluding carboxylic acids is 2. The third kappa shape index (κ3) is 2.26. The number of hydrogen-bond donors (Lipinski definition) is 1. The standard InChI is InChI=1S/C11H18N2O2/c14-8-11(15)10-2-1-7-13(10)9-3-5-12-6-4-9/h8-10,12H,1-7H2. The fourth-order valence-electron chi connectivity index (χ4n) is 2.75. The normalized spacial score (nSPS) is 29.2. The maximum atomic E-state index is 11.4. The van der Waals surface area contributed by atoms with Crippen LogP contribution in [0.1, 0.15) is 25.7 Å². The number of hydrogen-bond acceptors (Lipinski definition) is 4. The molecule has 1 unspecified atom stereocenters. The minimum atomic E-state index is -0.231. The Hall–Kier alpha value is -0.740. The second kappa shape index (κ2) is 4.86. The van der Waals surface area contributed by atoms with Crippen molar-refractivity contribution < 1.29 is 9.59 Å². The molecule has 0 radical (unpaired) electrons. The first-order valence-electron chi connectivity index (χ1n) is 5.78. The molecule has 0 spiro atoms. The maximum Gasteiger partial charge on any atom is 0.212 e. The molecular weight excluding hydrogens is 192 g/mol. The monoisotopic (exact) mass is 210 g/mol. The van der Waals surface area contributed by atoms with Crippen LogP contribution in [-0.2, 0) is 9.59 Å². The molecule has 2 aliphatic rings.